The summed E-state index contributed by atoms with van der Waals surface area (Å²) in [6.45, 7) is 1.14. The molecular formula is C20H27N3O3. The second-order valence-corrected chi connectivity index (χ2v) is 6.40. The van der Waals surface area contributed by atoms with Gasteiger partial charge in [0, 0.05) is 26.6 Å². The number of methoxy groups -OCH3 is 1. The van der Waals surface area contributed by atoms with E-state index in [4.69, 9.17) is 10.5 Å². The molecule has 2 aromatic carbocycles. The molecule has 2 rings (SSSR count). The van der Waals surface area contributed by atoms with Crippen LogP contribution >= 0.6 is 0 Å². The number of nitrogens with one attached hydrogen (secondary N) is 1. The smallest absolute Gasteiger partial charge is 0.312 e. The molecule has 0 saturated heterocycles. The molecule has 2 aromatic rings. The Hall–Kier alpha value is -2.76. The number of nitrogens with two attached hydrogens (primary N) is 1. The first-order chi connectivity index (χ1) is 12.5. The molecule has 0 saturated carbocycles. The second kappa shape index (κ2) is 9.65. The van der Waals surface area contributed by atoms with Gasteiger partial charge in [-0.25, -0.2) is 4.79 Å². The van der Waals surface area contributed by atoms with Crippen molar-refractivity contribution in [3.8, 4) is 5.75 Å². The number of carbonyl (C=O) groups excluding carboxylic acids is 2. The third-order valence-electron chi connectivity index (χ3n) is 4.32. The zero-order chi connectivity index (χ0) is 18.9. The molecule has 0 fully saturated rings. The van der Waals surface area contributed by atoms with Crippen LogP contribution in [0.25, 0.3) is 10.8 Å². The monoisotopic (exact) mass is 357 g/mol. The minimum atomic E-state index is -0.505. The van der Waals surface area contributed by atoms with Gasteiger partial charge in [0.2, 0.25) is 5.91 Å². The average molecular weight is 357 g/mol. The first kappa shape index (κ1) is 19.6. The molecule has 0 unspecified atom stereocenters. The van der Waals surface area contributed by atoms with Crippen LogP contribution in [0, 0.1) is 0 Å². The maximum Gasteiger partial charge on any atom is 0.312 e. The summed E-state index contributed by atoms with van der Waals surface area (Å²) >= 11 is 0. The minimum Gasteiger partial charge on any atom is -0.497 e. The van der Waals surface area contributed by atoms with Gasteiger partial charge in [0.25, 0.3) is 0 Å². The van der Waals surface area contributed by atoms with E-state index in [9.17, 15) is 9.59 Å². The summed E-state index contributed by atoms with van der Waals surface area (Å²) in [5.74, 6) is 0.964. The van der Waals surface area contributed by atoms with Gasteiger partial charge in [0.05, 0.1) is 7.11 Å². The molecular weight excluding hydrogens is 330 g/mol. The minimum absolute atomic E-state index is 0.127. The lowest BCUT2D eigenvalue weighted by molar-refractivity contribution is -0.130. The second-order valence-electron chi connectivity index (χ2n) is 6.40. The van der Waals surface area contributed by atoms with Gasteiger partial charge in [-0.05, 0) is 47.4 Å². The van der Waals surface area contributed by atoms with Crippen molar-refractivity contribution in [1.82, 2.24) is 10.2 Å². The Labute approximate surface area is 154 Å². The SMILES string of the molecule is COc1ccc2cc(CN(C)C(=O)CCCCCNC(N)=O)ccc2c1. The highest BCUT2D eigenvalue weighted by Gasteiger charge is 2.09. The number of unbranched alkanes of at least 4 members (excludes halogenated alkanes) is 2. The van der Waals surface area contributed by atoms with Crippen LogP contribution in [-0.4, -0.2) is 37.5 Å². The van der Waals surface area contributed by atoms with Gasteiger partial charge in [-0.3, -0.25) is 4.79 Å². The lowest BCUT2D eigenvalue weighted by atomic mass is 10.1. The van der Waals surface area contributed by atoms with E-state index in [1.807, 2.05) is 31.3 Å². The van der Waals surface area contributed by atoms with Crippen molar-refractivity contribution >= 4 is 22.7 Å². The summed E-state index contributed by atoms with van der Waals surface area (Å²) in [7, 11) is 3.49. The molecule has 0 heterocycles. The number of ether oxygens (including phenoxy) is 1. The molecule has 0 aliphatic heterocycles. The van der Waals surface area contributed by atoms with E-state index >= 15 is 0 Å². The van der Waals surface area contributed by atoms with Crippen LogP contribution in [0.2, 0.25) is 0 Å². The number of benzene rings is 2. The maximum absolute atomic E-state index is 12.3. The molecule has 0 spiro atoms. The van der Waals surface area contributed by atoms with Crippen molar-refractivity contribution < 1.29 is 14.3 Å². The number of nitrogens with zero attached hydrogens (tertiary/aromatic N) is 1. The fourth-order valence-corrected chi connectivity index (χ4v) is 2.84. The van der Waals surface area contributed by atoms with Crippen molar-refractivity contribution in [3.05, 3.63) is 42.0 Å². The van der Waals surface area contributed by atoms with E-state index in [0.717, 1.165) is 41.3 Å². The predicted molar refractivity (Wildman–Crippen MR) is 103 cm³/mol. The van der Waals surface area contributed by atoms with Crippen LogP contribution in [0.4, 0.5) is 4.79 Å². The highest BCUT2D eigenvalue weighted by molar-refractivity contribution is 5.84. The lowest BCUT2D eigenvalue weighted by Gasteiger charge is -2.18. The first-order valence-corrected chi connectivity index (χ1v) is 8.83. The van der Waals surface area contributed by atoms with Gasteiger partial charge in [-0.1, -0.05) is 24.6 Å². The standard InChI is InChI=1S/C20H27N3O3/c1-23(19(24)6-4-3-5-11-22-20(21)25)14-15-7-8-17-13-18(26-2)10-9-16(17)12-15/h7-10,12-13H,3-6,11,14H2,1-2H3,(H3,21,22,25). The number of urea groups is 1. The first-order valence-electron chi connectivity index (χ1n) is 8.83. The Balaban J connectivity index is 1.80. The molecule has 0 aliphatic rings. The highest BCUT2D eigenvalue weighted by atomic mass is 16.5. The molecule has 0 aromatic heterocycles. The van der Waals surface area contributed by atoms with Crippen LogP contribution in [0.5, 0.6) is 5.75 Å². The zero-order valence-electron chi connectivity index (χ0n) is 15.5. The van der Waals surface area contributed by atoms with Crippen LogP contribution in [0.15, 0.2) is 36.4 Å². The Kier molecular flexibility index (Phi) is 7.26. The van der Waals surface area contributed by atoms with Crippen LogP contribution in [0.1, 0.15) is 31.2 Å². The summed E-state index contributed by atoms with van der Waals surface area (Å²) in [5.41, 5.74) is 6.10. The summed E-state index contributed by atoms with van der Waals surface area (Å²) in [6.07, 6.45) is 3.03. The predicted octanol–water partition coefficient (Wildman–Crippen LogP) is 3.04. The van der Waals surface area contributed by atoms with E-state index in [1.54, 1.807) is 12.0 Å². The molecule has 3 N–H and O–H groups in total. The van der Waals surface area contributed by atoms with E-state index < -0.39 is 6.03 Å². The zero-order valence-corrected chi connectivity index (χ0v) is 15.5. The molecule has 6 heteroatoms. The Morgan fingerprint density at radius 2 is 1.81 bits per heavy atom. The topological polar surface area (TPSA) is 84.7 Å². The lowest BCUT2D eigenvalue weighted by Crippen LogP contribution is -2.30. The summed E-state index contributed by atoms with van der Waals surface area (Å²) in [4.78, 5) is 24.6. The van der Waals surface area contributed by atoms with Gasteiger partial charge in [0.15, 0.2) is 0 Å². The molecule has 0 bridgehead atoms. The number of fused-ring (bicyclic) bond motifs is 1. The number of hydrogen-bond acceptors (Lipinski definition) is 3. The van der Waals surface area contributed by atoms with Crippen molar-refractivity contribution in [2.45, 2.75) is 32.2 Å². The van der Waals surface area contributed by atoms with Crippen molar-refractivity contribution in [1.29, 1.82) is 0 Å². The van der Waals surface area contributed by atoms with Gasteiger partial charge >= 0.3 is 6.03 Å². The number of amides is 3. The van der Waals surface area contributed by atoms with E-state index in [1.165, 1.54) is 0 Å². The van der Waals surface area contributed by atoms with Gasteiger partial charge in [-0.15, -0.1) is 0 Å². The number of hydrogen-bond donors (Lipinski definition) is 2. The largest absolute Gasteiger partial charge is 0.497 e. The molecule has 140 valence electrons. The molecule has 0 atom stereocenters. The van der Waals surface area contributed by atoms with Crippen LogP contribution in [-0.2, 0) is 11.3 Å². The molecule has 6 nitrogen and oxygen atoms in total. The molecule has 3 amide bonds. The highest BCUT2D eigenvalue weighted by Crippen LogP contribution is 2.22. The quantitative estimate of drug-likeness (QED) is 0.677. The molecule has 0 radical (unpaired) electrons. The maximum atomic E-state index is 12.3. The Morgan fingerprint density at radius 1 is 1.08 bits per heavy atom. The Morgan fingerprint density at radius 3 is 2.54 bits per heavy atom. The molecule has 0 aliphatic carbocycles. The number of rotatable bonds is 9. The Bertz CT molecular complexity index is 761. The van der Waals surface area contributed by atoms with Crippen LogP contribution in [0.3, 0.4) is 0 Å². The third kappa shape index (κ3) is 5.95. The normalized spacial score (nSPS) is 10.5. The fourth-order valence-electron chi connectivity index (χ4n) is 2.84. The number of primary amides is 1. The van der Waals surface area contributed by atoms with Crippen LogP contribution < -0.4 is 15.8 Å². The van der Waals surface area contributed by atoms with Gasteiger partial charge < -0.3 is 20.7 Å². The van der Waals surface area contributed by atoms with E-state index in [0.29, 0.717) is 19.5 Å². The average Bonchev–Trinajstić information content (AvgIpc) is 2.63. The van der Waals surface area contributed by atoms with Crippen molar-refractivity contribution in [3.63, 3.8) is 0 Å². The van der Waals surface area contributed by atoms with Gasteiger partial charge in [0.1, 0.15) is 5.75 Å². The van der Waals surface area contributed by atoms with Gasteiger partial charge in [-0.2, -0.15) is 0 Å². The van der Waals surface area contributed by atoms with E-state index in [-0.39, 0.29) is 5.91 Å². The van der Waals surface area contributed by atoms with Crippen molar-refractivity contribution in [2.75, 3.05) is 20.7 Å². The van der Waals surface area contributed by atoms with E-state index in [2.05, 4.69) is 17.4 Å². The summed E-state index contributed by atoms with van der Waals surface area (Å²) < 4.78 is 5.24. The summed E-state index contributed by atoms with van der Waals surface area (Å²) in [5, 5.41) is 4.79. The molecule has 26 heavy (non-hydrogen) atoms. The summed E-state index contributed by atoms with van der Waals surface area (Å²) in [6, 6.07) is 11.7. The van der Waals surface area contributed by atoms with Crippen molar-refractivity contribution in [2.24, 2.45) is 5.73 Å². The number of carbonyl (C=O) groups is 2. The third-order valence-corrected chi connectivity index (χ3v) is 4.32. The fraction of sp³-hybridized carbons (Fsp3) is 0.400.